The van der Waals surface area contributed by atoms with Crippen molar-refractivity contribution in [1.29, 1.82) is 0 Å². The fourth-order valence-electron chi connectivity index (χ4n) is 4.11. The molecule has 0 radical (unpaired) electrons. The van der Waals surface area contributed by atoms with Crippen molar-refractivity contribution < 1.29 is 19.5 Å². The van der Waals surface area contributed by atoms with Crippen molar-refractivity contribution >= 4 is 17.6 Å². The molecule has 0 aliphatic carbocycles. The smallest absolute Gasteiger partial charge is 0.245 e. The molecule has 8 heteroatoms. The lowest BCUT2D eigenvalue weighted by Gasteiger charge is -2.26. The molecule has 0 aromatic carbocycles. The number of nitrogens with two attached hydrogens (primary N) is 1. The molecule has 0 aromatic rings. The molecule has 0 saturated carbocycles. The van der Waals surface area contributed by atoms with Crippen LogP contribution in [0.4, 0.5) is 0 Å². The van der Waals surface area contributed by atoms with E-state index in [1.54, 1.807) is 13.8 Å². The van der Waals surface area contributed by atoms with Crippen LogP contribution in [0.3, 0.4) is 0 Å². The fraction of sp³-hybridized carbons (Fsp3) is 0.870. The van der Waals surface area contributed by atoms with Gasteiger partial charge in [-0.2, -0.15) is 0 Å². The second-order valence-corrected chi connectivity index (χ2v) is 9.16. The normalized spacial score (nSPS) is 21.5. The lowest BCUT2D eigenvalue weighted by Crippen LogP contribution is -2.58. The highest BCUT2D eigenvalue weighted by molar-refractivity contribution is 5.94. The number of amides is 2. The summed E-state index contributed by atoms with van der Waals surface area (Å²) in [4.78, 5) is 37.8. The van der Waals surface area contributed by atoms with E-state index in [0.717, 1.165) is 19.4 Å². The molecule has 31 heavy (non-hydrogen) atoms. The number of unbranched alkanes of at least 4 members (excludes halogenated alkanes) is 5. The van der Waals surface area contributed by atoms with Crippen LogP contribution in [-0.4, -0.2) is 60.5 Å². The molecule has 1 heterocycles. The Balaban J connectivity index is 2.63. The van der Waals surface area contributed by atoms with Gasteiger partial charge in [-0.3, -0.25) is 14.4 Å². The molecule has 1 rings (SSSR count). The Bertz CT molecular complexity index is 568. The predicted molar refractivity (Wildman–Crippen MR) is 122 cm³/mol. The summed E-state index contributed by atoms with van der Waals surface area (Å²) in [6.45, 7) is 8.45. The molecule has 8 nitrogen and oxygen atoms in total. The van der Waals surface area contributed by atoms with Gasteiger partial charge in [-0.1, -0.05) is 59.3 Å². The third-order valence-corrected chi connectivity index (χ3v) is 6.13. The summed E-state index contributed by atoms with van der Waals surface area (Å²) in [5.41, 5.74) is 5.65. The van der Waals surface area contributed by atoms with Crippen molar-refractivity contribution in [3.63, 3.8) is 0 Å². The summed E-state index contributed by atoms with van der Waals surface area (Å²) in [5.74, 6) is -1.28. The van der Waals surface area contributed by atoms with Crippen molar-refractivity contribution in [2.45, 2.75) is 90.8 Å². The number of rotatable bonds is 15. The summed E-state index contributed by atoms with van der Waals surface area (Å²) >= 11 is 0. The molecule has 180 valence electrons. The third-order valence-electron chi connectivity index (χ3n) is 6.13. The van der Waals surface area contributed by atoms with Gasteiger partial charge in [0.25, 0.3) is 0 Å². The lowest BCUT2D eigenvalue weighted by atomic mass is 9.89. The first-order valence-electron chi connectivity index (χ1n) is 12.0. The minimum atomic E-state index is -1.13. The second kappa shape index (κ2) is 14.5. The molecule has 0 unspecified atom stereocenters. The molecule has 2 amide bonds. The van der Waals surface area contributed by atoms with Gasteiger partial charge in [0.1, 0.15) is 6.04 Å². The van der Waals surface area contributed by atoms with Crippen molar-refractivity contribution in [2.24, 2.45) is 23.5 Å². The minimum Gasteiger partial charge on any atom is -0.391 e. The van der Waals surface area contributed by atoms with E-state index in [-0.39, 0.29) is 36.0 Å². The molecule has 1 fully saturated rings. The summed E-state index contributed by atoms with van der Waals surface area (Å²) < 4.78 is 0. The molecule has 6 N–H and O–H groups in total. The SMILES string of the molecule is CCCCCCCC[C@H]1CNC[C@H]1C(=O)N[C@H](C(=O)N[C@@H](CN)C(=O)C(C)C)[C@H](C)O. The van der Waals surface area contributed by atoms with Crippen molar-refractivity contribution in [1.82, 2.24) is 16.0 Å². The van der Waals surface area contributed by atoms with Crippen LogP contribution < -0.4 is 21.7 Å². The van der Waals surface area contributed by atoms with Gasteiger partial charge in [0.05, 0.1) is 18.1 Å². The number of carbonyl (C=O) groups excluding carboxylic acids is 3. The number of aliphatic hydroxyl groups is 1. The summed E-state index contributed by atoms with van der Waals surface area (Å²) in [6.07, 6.45) is 7.13. The zero-order valence-electron chi connectivity index (χ0n) is 19.8. The van der Waals surface area contributed by atoms with E-state index < -0.39 is 24.1 Å². The van der Waals surface area contributed by atoms with E-state index in [1.165, 1.54) is 39.0 Å². The summed E-state index contributed by atoms with van der Waals surface area (Å²) in [5, 5.41) is 18.7. The van der Waals surface area contributed by atoms with Gasteiger partial charge in [-0.15, -0.1) is 0 Å². The number of ketones is 1. The van der Waals surface area contributed by atoms with Crippen molar-refractivity contribution in [3.8, 4) is 0 Å². The molecule has 0 spiro atoms. The molecule has 1 aliphatic heterocycles. The molecular weight excluding hydrogens is 396 g/mol. The maximum absolute atomic E-state index is 12.9. The maximum Gasteiger partial charge on any atom is 0.245 e. The van der Waals surface area contributed by atoms with Crippen molar-refractivity contribution in [2.75, 3.05) is 19.6 Å². The number of hydrogen-bond acceptors (Lipinski definition) is 6. The lowest BCUT2D eigenvalue weighted by molar-refractivity contribution is -0.135. The van der Waals surface area contributed by atoms with Crippen LogP contribution >= 0.6 is 0 Å². The monoisotopic (exact) mass is 440 g/mol. The second-order valence-electron chi connectivity index (χ2n) is 9.16. The van der Waals surface area contributed by atoms with Gasteiger partial charge >= 0.3 is 0 Å². The van der Waals surface area contributed by atoms with Crippen LogP contribution in [-0.2, 0) is 14.4 Å². The highest BCUT2D eigenvalue weighted by Gasteiger charge is 2.36. The predicted octanol–water partition coefficient (Wildman–Crippen LogP) is 1.11. The first kappa shape index (κ1) is 27.5. The zero-order chi connectivity index (χ0) is 23.4. The number of nitrogens with one attached hydrogen (secondary N) is 3. The van der Waals surface area contributed by atoms with Crippen LogP contribution in [0.2, 0.25) is 0 Å². The molecule has 0 aromatic heterocycles. The van der Waals surface area contributed by atoms with E-state index in [9.17, 15) is 19.5 Å². The van der Waals surface area contributed by atoms with E-state index in [1.807, 2.05) is 0 Å². The minimum absolute atomic E-state index is 0.0316. The Morgan fingerprint density at radius 2 is 1.68 bits per heavy atom. The Hall–Kier alpha value is -1.51. The maximum atomic E-state index is 12.9. The molecular formula is C23H44N4O4. The standard InChI is InChI=1S/C23H44N4O4/c1-5-6-7-8-9-10-11-17-13-25-14-18(17)22(30)27-20(16(4)28)23(31)26-19(12-24)21(29)15(2)3/h15-20,25,28H,5-14,24H2,1-4H3,(H,26,31)(H,27,30)/t16-,17-,18+,19-,20-/m0/s1. The van der Waals surface area contributed by atoms with Crippen LogP contribution in [0.5, 0.6) is 0 Å². The van der Waals surface area contributed by atoms with Crippen LogP contribution in [0, 0.1) is 17.8 Å². The number of aliphatic hydroxyl groups excluding tert-OH is 1. The molecule has 1 saturated heterocycles. The summed E-state index contributed by atoms with van der Waals surface area (Å²) in [6, 6.07) is -1.96. The van der Waals surface area contributed by atoms with E-state index >= 15 is 0 Å². The Labute approximate surface area is 187 Å². The van der Waals surface area contributed by atoms with Crippen LogP contribution in [0.25, 0.3) is 0 Å². The van der Waals surface area contributed by atoms with Gasteiger partial charge in [-0.25, -0.2) is 0 Å². The van der Waals surface area contributed by atoms with Gasteiger partial charge in [0.2, 0.25) is 11.8 Å². The van der Waals surface area contributed by atoms with E-state index in [0.29, 0.717) is 6.54 Å². The van der Waals surface area contributed by atoms with Gasteiger partial charge in [0, 0.05) is 19.0 Å². The zero-order valence-corrected chi connectivity index (χ0v) is 19.8. The van der Waals surface area contributed by atoms with E-state index in [2.05, 4.69) is 22.9 Å². The summed E-state index contributed by atoms with van der Waals surface area (Å²) in [7, 11) is 0. The third kappa shape index (κ3) is 9.25. The van der Waals surface area contributed by atoms with Crippen LogP contribution in [0.1, 0.15) is 72.6 Å². The van der Waals surface area contributed by atoms with Crippen molar-refractivity contribution in [3.05, 3.63) is 0 Å². The highest BCUT2D eigenvalue weighted by Crippen LogP contribution is 2.24. The number of carbonyl (C=O) groups is 3. The fourth-order valence-corrected chi connectivity index (χ4v) is 4.11. The Morgan fingerprint density at radius 1 is 1.03 bits per heavy atom. The average Bonchev–Trinajstić information content (AvgIpc) is 3.20. The molecule has 1 aliphatic rings. The number of hydrogen-bond donors (Lipinski definition) is 5. The molecule has 5 atom stereocenters. The largest absolute Gasteiger partial charge is 0.391 e. The topological polar surface area (TPSA) is 134 Å². The first-order chi connectivity index (χ1) is 14.7. The average molecular weight is 441 g/mol. The van der Waals surface area contributed by atoms with Gasteiger partial charge in [-0.05, 0) is 25.8 Å². The highest BCUT2D eigenvalue weighted by atomic mass is 16.3. The first-order valence-corrected chi connectivity index (χ1v) is 12.0. The van der Waals surface area contributed by atoms with Gasteiger partial charge in [0.15, 0.2) is 5.78 Å². The van der Waals surface area contributed by atoms with Gasteiger partial charge < -0.3 is 26.8 Å². The van der Waals surface area contributed by atoms with Crippen LogP contribution in [0.15, 0.2) is 0 Å². The van der Waals surface area contributed by atoms with E-state index in [4.69, 9.17) is 5.73 Å². The quantitative estimate of drug-likeness (QED) is 0.242. The molecule has 0 bridgehead atoms. The Kier molecular flexibility index (Phi) is 12.9. The number of Topliss-reactive ketones (excluding diaryl/α,β-unsaturated/α-hetero) is 1. The Morgan fingerprint density at radius 3 is 2.26 bits per heavy atom.